The van der Waals surface area contributed by atoms with Crippen LogP contribution in [-0.4, -0.2) is 25.7 Å². The van der Waals surface area contributed by atoms with Gasteiger partial charge in [-0.15, -0.1) is 0 Å². The van der Waals surface area contributed by atoms with Crippen molar-refractivity contribution in [2.75, 3.05) is 13.7 Å². The summed E-state index contributed by atoms with van der Waals surface area (Å²) in [4.78, 5) is 4.66. The van der Waals surface area contributed by atoms with E-state index in [1.165, 1.54) is 25.7 Å². The fourth-order valence-electron chi connectivity index (χ4n) is 2.52. The topological polar surface area (TPSA) is 45.7 Å². The fraction of sp³-hybridized carbons (Fsp3) is 0.562. The van der Waals surface area contributed by atoms with E-state index in [0.717, 1.165) is 23.8 Å². The van der Waals surface area contributed by atoms with Crippen molar-refractivity contribution in [3.8, 4) is 5.75 Å². The second-order valence-corrected chi connectivity index (χ2v) is 5.17. The normalized spacial score (nSPS) is 16.2. The third-order valence-corrected chi connectivity index (χ3v) is 3.59. The van der Waals surface area contributed by atoms with Gasteiger partial charge in [-0.3, -0.25) is 0 Å². The van der Waals surface area contributed by atoms with E-state index in [1.807, 2.05) is 18.2 Å². The predicted octanol–water partition coefficient (Wildman–Crippen LogP) is 2.69. The molecule has 0 aromatic heterocycles. The van der Waals surface area contributed by atoms with Crippen LogP contribution >= 0.6 is 0 Å². The summed E-state index contributed by atoms with van der Waals surface area (Å²) < 4.78 is 5.24. The van der Waals surface area contributed by atoms with Gasteiger partial charge in [-0.25, -0.2) is 4.99 Å². The van der Waals surface area contributed by atoms with Gasteiger partial charge in [-0.05, 0) is 37.5 Å². The Hall–Kier alpha value is -1.71. The number of nitrogens with zero attached hydrogens (tertiary/aromatic N) is 1. The van der Waals surface area contributed by atoms with Crippen molar-refractivity contribution < 1.29 is 4.74 Å². The second kappa shape index (κ2) is 7.78. The van der Waals surface area contributed by atoms with E-state index in [2.05, 4.69) is 28.6 Å². The summed E-state index contributed by atoms with van der Waals surface area (Å²) in [6, 6.07) is 8.64. The van der Waals surface area contributed by atoms with Gasteiger partial charge >= 0.3 is 0 Å². The third kappa shape index (κ3) is 4.44. The summed E-state index contributed by atoms with van der Waals surface area (Å²) in [5.74, 6) is 1.80. The van der Waals surface area contributed by atoms with Crippen molar-refractivity contribution >= 4 is 5.96 Å². The molecule has 1 aromatic carbocycles. The number of rotatable bonds is 5. The number of hydrogen-bond donors (Lipinski definition) is 2. The minimum Gasteiger partial charge on any atom is -0.497 e. The van der Waals surface area contributed by atoms with E-state index < -0.39 is 0 Å². The van der Waals surface area contributed by atoms with Gasteiger partial charge in [0.15, 0.2) is 5.96 Å². The average molecular weight is 275 g/mol. The van der Waals surface area contributed by atoms with Gasteiger partial charge in [0, 0.05) is 12.6 Å². The number of methoxy groups -OCH3 is 1. The monoisotopic (exact) mass is 275 g/mol. The smallest absolute Gasteiger partial charge is 0.191 e. The number of nitrogens with one attached hydrogen (secondary N) is 2. The van der Waals surface area contributed by atoms with Gasteiger partial charge in [0.2, 0.25) is 0 Å². The van der Waals surface area contributed by atoms with Crippen LogP contribution in [0.5, 0.6) is 5.75 Å². The molecular formula is C16H25N3O. The maximum absolute atomic E-state index is 5.24. The first-order valence-corrected chi connectivity index (χ1v) is 7.49. The van der Waals surface area contributed by atoms with Gasteiger partial charge < -0.3 is 15.4 Å². The van der Waals surface area contributed by atoms with Crippen LogP contribution in [-0.2, 0) is 6.54 Å². The maximum atomic E-state index is 5.24. The molecule has 0 unspecified atom stereocenters. The predicted molar refractivity (Wildman–Crippen MR) is 83.2 cm³/mol. The first kappa shape index (κ1) is 14.7. The lowest BCUT2D eigenvalue weighted by molar-refractivity contribution is 0.414. The standard InChI is InChI=1S/C16H25N3O/c1-3-17-16(19-14-8-4-5-9-14)18-12-13-7-6-10-15(11-13)20-2/h6-7,10-11,14H,3-5,8-9,12H2,1-2H3,(H2,17,18,19). The Bertz CT molecular complexity index is 439. The Labute approximate surface area is 121 Å². The molecule has 1 fully saturated rings. The Morgan fingerprint density at radius 1 is 1.35 bits per heavy atom. The molecule has 0 atom stereocenters. The zero-order chi connectivity index (χ0) is 14.2. The highest BCUT2D eigenvalue weighted by Gasteiger charge is 2.15. The van der Waals surface area contributed by atoms with Gasteiger partial charge in [-0.2, -0.15) is 0 Å². The summed E-state index contributed by atoms with van der Waals surface area (Å²) in [6.45, 7) is 3.65. The molecule has 0 saturated heterocycles. The lowest BCUT2D eigenvalue weighted by Crippen LogP contribution is -2.42. The fourth-order valence-corrected chi connectivity index (χ4v) is 2.52. The number of ether oxygens (including phenoxy) is 1. The van der Waals surface area contributed by atoms with E-state index in [-0.39, 0.29) is 0 Å². The van der Waals surface area contributed by atoms with E-state index in [0.29, 0.717) is 12.6 Å². The average Bonchev–Trinajstić information content (AvgIpc) is 2.98. The van der Waals surface area contributed by atoms with Crippen molar-refractivity contribution in [2.24, 2.45) is 4.99 Å². The van der Waals surface area contributed by atoms with Crippen molar-refractivity contribution in [3.63, 3.8) is 0 Å². The van der Waals surface area contributed by atoms with Gasteiger partial charge in [0.05, 0.1) is 13.7 Å². The molecule has 0 amide bonds. The molecule has 1 aromatic rings. The van der Waals surface area contributed by atoms with Crippen molar-refractivity contribution in [2.45, 2.75) is 45.2 Å². The first-order chi connectivity index (χ1) is 9.81. The van der Waals surface area contributed by atoms with Crippen LogP contribution in [0, 0.1) is 0 Å². The highest BCUT2D eigenvalue weighted by molar-refractivity contribution is 5.80. The molecule has 110 valence electrons. The van der Waals surface area contributed by atoms with E-state index in [1.54, 1.807) is 7.11 Å². The Morgan fingerprint density at radius 2 is 2.15 bits per heavy atom. The van der Waals surface area contributed by atoms with Crippen molar-refractivity contribution in [1.29, 1.82) is 0 Å². The Balaban J connectivity index is 1.96. The van der Waals surface area contributed by atoms with Crippen LogP contribution in [0.25, 0.3) is 0 Å². The van der Waals surface area contributed by atoms with E-state index in [4.69, 9.17) is 4.74 Å². The van der Waals surface area contributed by atoms with Gasteiger partial charge in [0.1, 0.15) is 5.75 Å². The molecule has 4 nitrogen and oxygen atoms in total. The lowest BCUT2D eigenvalue weighted by Gasteiger charge is -2.16. The molecule has 0 spiro atoms. The molecule has 0 heterocycles. The van der Waals surface area contributed by atoms with E-state index >= 15 is 0 Å². The molecule has 0 bridgehead atoms. The molecule has 1 saturated carbocycles. The SMILES string of the molecule is CCNC(=NCc1cccc(OC)c1)NC1CCCC1. The summed E-state index contributed by atoms with van der Waals surface area (Å²) in [5.41, 5.74) is 1.16. The highest BCUT2D eigenvalue weighted by Crippen LogP contribution is 2.17. The molecule has 1 aliphatic rings. The number of guanidine groups is 1. The molecule has 4 heteroatoms. The second-order valence-electron chi connectivity index (χ2n) is 5.17. The summed E-state index contributed by atoms with van der Waals surface area (Å²) in [6.07, 6.45) is 5.16. The molecule has 2 rings (SSSR count). The first-order valence-electron chi connectivity index (χ1n) is 7.49. The summed E-state index contributed by atoms with van der Waals surface area (Å²) in [5, 5.41) is 6.84. The Morgan fingerprint density at radius 3 is 2.85 bits per heavy atom. The number of aliphatic imine (C=N–C) groups is 1. The van der Waals surface area contributed by atoms with Crippen LogP contribution in [0.15, 0.2) is 29.3 Å². The third-order valence-electron chi connectivity index (χ3n) is 3.59. The minimum atomic E-state index is 0.582. The van der Waals surface area contributed by atoms with Gasteiger partial charge in [-0.1, -0.05) is 25.0 Å². The molecule has 1 aliphatic carbocycles. The maximum Gasteiger partial charge on any atom is 0.191 e. The van der Waals surface area contributed by atoms with Crippen molar-refractivity contribution in [1.82, 2.24) is 10.6 Å². The van der Waals surface area contributed by atoms with Crippen molar-refractivity contribution in [3.05, 3.63) is 29.8 Å². The minimum absolute atomic E-state index is 0.582. The van der Waals surface area contributed by atoms with Crippen LogP contribution in [0.2, 0.25) is 0 Å². The molecular weight excluding hydrogens is 250 g/mol. The Kier molecular flexibility index (Phi) is 5.71. The largest absolute Gasteiger partial charge is 0.497 e. The van der Waals surface area contributed by atoms with E-state index in [9.17, 15) is 0 Å². The zero-order valence-corrected chi connectivity index (χ0v) is 12.5. The van der Waals surface area contributed by atoms with Crippen LogP contribution in [0.3, 0.4) is 0 Å². The van der Waals surface area contributed by atoms with Crippen LogP contribution in [0.4, 0.5) is 0 Å². The lowest BCUT2D eigenvalue weighted by atomic mass is 10.2. The zero-order valence-electron chi connectivity index (χ0n) is 12.5. The molecule has 2 N–H and O–H groups in total. The number of hydrogen-bond acceptors (Lipinski definition) is 2. The van der Waals surface area contributed by atoms with Gasteiger partial charge in [0.25, 0.3) is 0 Å². The molecule has 0 aliphatic heterocycles. The summed E-state index contributed by atoms with van der Waals surface area (Å²) >= 11 is 0. The van der Waals surface area contributed by atoms with Crippen LogP contribution < -0.4 is 15.4 Å². The quantitative estimate of drug-likeness (QED) is 0.641. The number of benzene rings is 1. The highest BCUT2D eigenvalue weighted by atomic mass is 16.5. The summed E-state index contributed by atoms with van der Waals surface area (Å²) in [7, 11) is 1.69. The molecule has 20 heavy (non-hydrogen) atoms. The molecule has 0 radical (unpaired) electrons. The van der Waals surface area contributed by atoms with Crippen LogP contribution in [0.1, 0.15) is 38.2 Å².